The minimum absolute atomic E-state index is 0.0450. The number of ketones is 1. The average Bonchev–Trinajstić information content (AvgIpc) is 3.26. The first-order valence-corrected chi connectivity index (χ1v) is 10.6. The van der Waals surface area contributed by atoms with Crippen molar-refractivity contribution in [1.82, 2.24) is 0 Å². The normalized spacial score (nSPS) is 18.3. The van der Waals surface area contributed by atoms with Crippen LogP contribution >= 0.6 is 0 Å². The molecular formula is C25H30NO6+. The Kier molecular flexibility index (Phi) is 6.02. The van der Waals surface area contributed by atoms with Gasteiger partial charge in [-0.25, -0.2) is 0 Å². The van der Waals surface area contributed by atoms with Gasteiger partial charge >= 0.3 is 0 Å². The largest absolute Gasteiger partial charge is 0.493 e. The number of hydrogen-bond donors (Lipinski definition) is 0. The fourth-order valence-electron chi connectivity index (χ4n) is 4.52. The highest BCUT2D eigenvalue weighted by molar-refractivity contribution is 5.94. The van der Waals surface area contributed by atoms with Crippen molar-refractivity contribution in [2.75, 3.05) is 48.8 Å². The monoisotopic (exact) mass is 440 g/mol. The van der Waals surface area contributed by atoms with Gasteiger partial charge in [-0.05, 0) is 35.4 Å². The SMILES string of the molecule is COc1ccc(C=CC(=O)CC2c3c(cc4c(c3OC)OCO4)CC[N+]2(C)C)cc1OC. The maximum absolute atomic E-state index is 13.0. The Labute approximate surface area is 188 Å². The fraction of sp³-hybridized carbons (Fsp3) is 0.400. The molecule has 0 saturated heterocycles. The molecule has 2 aromatic rings. The Hall–Kier alpha value is -3.19. The van der Waals surface area contributed by atoms with Gasteiger partial charge in [-0.3, -0.25) is 4.79 Å². The van der Waals surface area contributed by atoms with Crippen molar-refractivity contribution in [2.24, 2.45) is 0 Å². The number of allylic oxidation sites excluding steroid dienone is 1. The third-order valence-electron chi connectivity index (χ3n) is 6.35. The molecule has 0 fully saturated rings. The second kappa shape index (κ2) is 8.74. The van der Waals surface area contributed by atoms with Crippen LogP contribution in [0, 0.1) is 0 Å². The van der Waals surface area contributed by atoms with E-state index in [1.165, 1.54) is 0 Å². The van der Waals surface area contributed by atoms with E-state index in [0.29, 0.717) is 39.7 Å². The van der Waals surface area contributed by atoms with Crippen LogP contribution in [0.15, 0.2) is 30.3 Å². The quantitative estimate of drug-likeness (QED) is 0.482. The van der Waals surface area contributed by atoms with Gasteiger partial charge in [-0.15, -0.1) is 0 Å². The smallest absolute Gasteiger partial charge is 0.231 e. The molecule has 7 nitrogen and oxygen atoms in total. The molecular weight excluding hydrogens is 410 g/mol. The van der Waals surface area contributed by atoms with E-state index in [1.54, 1.807) is 27.4 Å². The zero-order valence-electron chi connectivity index (χ0n) is 19.3. The summed E-state index contributed by atoms with van der Waals surface area (Å²) in [6.45, 7) is 1.11. The molecule has 2 aromatic carbocycles. The van der Waals surface area contributed by atoms with Crippen LogP contribution in [0.2, 0.25) is 0 Å². The van der Waals surface area contributed by atoms with E-state index in [2.05, 4.69) is 14.1 Å². The molecule has 7 heteroatoms. The van der Waals surface area contributed by atoms with Crippen LogP contribution in [0.5, 0.6) is 28.7 Å². The molecule has 2 heterocycles. The molecule has 1 atom stereocenters. The summed E-state index contributed by atoms with van der Waals surface area (Å²) in [5.41, 5.74) is 3.07. The lowest BCUT2D eigenvalue weighted by molar-refractivity contribution is -0.922. The topological polar surface area (TPSA) is 63.2 Å². The van der Waals surface area contributed by atoms with Crippen molar-refractivity contribution in [3.8, 4) is 28.7 Å². The van der Waals surface area contributed by atoms with Crippen LogP contribution in [-0.2, 0) is 11.2 Å². The van der Waals surface area contributed by atoms with Crippen molar-refractivity contribution < 1.29 is 33.0 Å². The number of rotatable bonds is 7. The number of carbonyl (C=O) groups excluding carboxylic acids is 1. The van der Waals surface area contributed by atoms with Crippen LogP contribution in [0.25, 0.3) is 6.08 Å². The molecule has 2 aliphatic rings. The van der Waals surface area contributed by atoms with Gasteiger partial charge in [0.1, 0.15) is 6.04 Å². The Balaban J connectivity index is 1.61. The predicted octanol–water partition coefficient (Wildman–Crippen LogP) is 3.79. The van der Waals surface area contributed by atoms with Gasteiger partial charge in [-0.1, -0.05) is 12.1 Å². The number of quaternary nitrogens is 1. The van der Waals surface area contributed by atoms with E-state index in [9.17, 15) is 4.79 Å². The van der Waals surface area contributed by atoms with Crippen LogP contribution in [0.1, 0.15) is 29.2 Å². The summed E-state index contributed by atoms with van der Waals surface area (Å²) in [5.74, 6) is 3.35. The Morgan fingerprint density at radius 3 is 2.59 bits per heavy atom. The van der Waals surface area contributed by atoms with E-state index < -0.39 is 0 Å². The van der Waals surface area contributed by atoms with Gasteiger partial charge in [0.15, 0.2) is 28.8 Å². The van der Waals surface area contributed by atoms with Crippen molar-refractivity contribution in [1.29, 1.82) is 0 Å². The second-order valence-corrected chi connectivity index (χ2v) is 8.60. The third-order valence-corrected chi connectivity index (χ3v) is 6.35. The summed E-state index contributed by atoms with van der Waals surface area (Å²) in [5, 5.41) is 0. The summed E-state index contributed by atoms with van der Waals surface area (Å²) in [6.07, 6.45) is 4.70. The minimum atomic E-state index is -0.0502. The van der Waals surface area contributed by atoms with Crippen molar-refractivity contribution in [3.05, 3.63) is 47.0 Å². The first-order valence-electron chi connectivity index (χ1n) is 10.6. The molecule has 0 aliphatic carbocycles. The third kappa shape index (κ3) is 4.00. The van der Waals surface area contributed by atoms with Crippen LogP contribution in [0.4, 0.5) is 0 Å². The number of carbonyl (C=O) groups is 1. The average molecular weight is 441 g/mol. The van der Waals surface area contributed by atoms with Gasteiger partial charge in [0.25, 0.3) is 0 Å². The number of fused-ring (bicyclic) bond motifs is 2. The van der Waals surface area contributed by atoms with E-state index in [4.69, 9.17) is 23.7 Å². The molecule has 0 radical (unpaired) electrons. The lowest BCUT2D eigenvalue weighted by atomic mass is 9.86. The summed E-state index contributed by atoms with van der Waals surface area (Å²) >= 11 is 0. The molecule has 0 spiro atoms. The molecule has 0 amide bonds. The van der Waals surface area contributed by atoms with Crippen molar-refractivity contribution >= 4 is 11.9 Å². The highest BCUT2D eigenvalue weighted by Crippen LogP contribution is 2.51. The molecule has 4 rings (SSSR count). The van der Waals surface area contributed by atoms with Crippen molar-refractivity contribution in [2.45, 2.75) is 18.9 Å². The van der Waals surface area contributed by atoms with Gasteiger partial charge < -0.3 is 28.2 Å². The Bertz CT molecular complexity index is 1060. The number of likely N-dealkylation sites (N-methyl/N-ethyl adjacent to an activating group) is 1. The van der Waals surface area contributed by atoms with E-state index in [0.717, 1.165) is 29.7 Å². The van der Waals surface area contributed by atoms with Gasteiger partial charge in [0, 0.05) is 6.42 Å². The number of ether oxygens (including phenoxy) is 5. The highest BCUT2D eigenvalue weighted by Gasteiger charge is 2.41. The van der Waals surface area contributed by atoms with Gasteiger partial charge in [0.05, 0.1) is 54.0 Å². The molecule has 0 N–H and O–H groups in total. The van der Waals surface area contributed by atoms with E-state index in [-0.39, 0.29) is 18.6 Å². The molecule has 170 valence electrons. The zero-order valence-corrected chi connectivity index (χ0v) is 19.3. The minimum Gasteiger partial charge on any atom is -0.493 e. The second-order valence-electron chi connectivity index (χ2n) is 8.60. The zero-order chi connectivity index (χ0) is 22.9. The molecule has 0 saturated carbocycles. The summed E-state index contributed by atoms with van der Waals surface area (Å²) in [4.78, 5) is 13.0. The maximum atomic E-state index is 13.0. The number of methoxy groups -OCH3 is 3. The lowest BCUT2D eigenvalue weighted by Gasteiger charge is -2.43. The summed E-state index contributed by atoms with van der Waals surface area (Å²) < 4.78 is 28.4. The van der Waals surface area contributed by atoms with E-state index >= 15 is 0 Å². The first-order chi connectivity index (χ1) is 15.4. The van der Waals surface area contributed by atoms with Gasteiger partial charge in [0.2, 0.25) is 12.5 Å². The molecule has 0 aromatic heterocycles. The molecule has 1 unspecified atom stereocenters. The number of hydrogen-bond acceptors (Lipinski definition) is 6. The predicted molar refractivity (Wildman–Crippen MR) is 121 cm³/mol. The van der Waals surface area contributed by atoms with Crippen LogP contribution < -0.4 is 23.7 Å². The van der Waals surface area contributed by atoms with Gasteiger partial charge in [-0.2, -0.15) is 0 Å². The maximum Gasteiger partial charge on any atom is 0.231 e. The highest BCUT2D eigenvalue weighted by atomic mass is 16.7. The fourth-order valence-corrected chi connectivity index (χ4v) is 4.52. The summed E-state index contributed by atoms with van der Waals surface area (Å²) in [6, 6.07) is 7.56. The molecule has 2 aliphatic heterocycles. The summed E-state index contributed by atoms with van der Waals surface area (Å²) in [7, 11) is 9.14. The standard InChI is InChI=1S/C25H30NO6/c1-26(2)11-10-17-13-22-24(32-15-31-22)25(30-5)23(17)19(26)14-18(27)8-6-16-7-9-20(28-3)21(12-16)29-4/h6-9,12-13,19H,10-11,14-15H2,1-5H3/q+1. The Morgan fingerprint density at radius 2 is 1.88 bits per heavy atom. The molecule has 0 bridgehead atoms. The lowest BCUT2D eigenvalue weighted by Crippen LogP contribution is -2.48. The Morgan fingerprint density at radius 1 is 1.09 bits per heavy atom. The molecule has 32 heavy (non-hydrogen) atoms. The van der Waals surface area contributed by atoms with Crippen molar-refractivity contribution in [3.63, 3.8) is 0 Å². The van der Waals surface area contributed by atoms with E-state index in [1.807, 2.05) is 30.3 Å². The van der Waals surface area contributed by atoms with Crippen LogP contribution in [-0.4, -0.2) is 59.0 Å². The van der Waals surface area contributed by atoms with Crippen LogP contribution in [0.3, 0.4) is 0 Å². The number of benzene rings is 2. The number of nitrogens with zero attached hydrogens (tertiary/aromatic N) is 1. The first kappa shape index (κ1) is 22.0.